The van der Waals surface area contributed by atoms with E-state index in [9.17, 15) is 19.8 Å². The minimum Gasteiger partial charge on any atom is -0.506 e. The summed E-state index contributed by atoms with van der Waals surface area (Å²) in [6, 6.07) is 3.97. The van der Waals surface area contributed by atoms with Crippen molar-refractivity contribution in [3.8, 4) is 5.75 Å². The second kappa shape index (κ2) is 5.63. The normalized spacial score (nSPS) is 14.3. The molecule has 6 nitrogen and oxygen atoms in total. The lowest BCUT2D eigenvalue weighted by Crippen LogP contribution is -2.47. The third-order valence-electron chi connectivity index (χ3n) is 3.17. The van der Waals surface area contributed by atoms with Crippen LogP contribution >= 0.6 is 0 Å². The monoisotopic (exact) mass is 295 g/mol. The van der Waals surface area contributed by atoms with Crippen LogP contribution in [0.4, 0.5) is 5.69 Å². The molecular weight excluding hydrogens is 274 g/mol. The topological polar surface area (TPSA) is 110 Å². The van der Waals surface area contributed by atoms with Gasteiger partial charge in [-0.15, -0.1) is 0 Å². The zero-order valence-corrected chi connectivity index (χ0v) is 12.6. The zero-order valence-electron chi connectivity index (χ0n) is 12.6. The zero-order chi connectivity index (χ0) is 16.4. The molecule has 0 spiro atoms. The quantitative estimate of drug-likeness (QED) is 0.339. The molecule has 0 bridgehead atoms. The standard InChI is InChI=1S/C15H21NO5/c1-5-15(12(18)19,13(20)21-14(2,3)4)9-6-7-10(16)11(17)8-9/h6-8,17H,5,16H2,1-4H3,(H,18,19). The van der Waals surface area contributed by atoms with Gasteiger partial charge in [0.1, 0.15) is 11.4 Å². The highest BCUT2D eigenvalue weighted by Crippen LogP contribution is 2.35. The minimum absolute atomic E-state index is 0.0133. The molecule has 0 saturated carbocycles. The highest BCUT2D eigenvalue weighted by Gasteiger charge is 2.49. The van der Waals surface area contributed by atoms with E-state index in [0.29, 0.717) is 0 Å². The minimum atomic E-state index is -1.88. The molecule has 21 heavy (non-hydrogen) atoms. The number of carboxylic acid groups (broad SMARTS) is 1. The lowest BCUT2D eigenvalue weighted by Gasteiger charge is -2.30. The van der Waals surface area contributed by atoms with Gasteiger partial charge < -0.3 is 20.7 Å². The number of aromatic hydroxyl groups is 1. The van der Waals surface area contributed by atoms with Gasteiger partial charge in [0.05, 0.1) is 5.69 Å². The van der Waals surface area contributed by atoms with Crippen LogP contribution in [0.3, 0.4) is 0 Å². The van der Waals surface area contributed by atoms with E-state index in [1.54, 1.807) is 27.7 Å². The molecule has 0 aliphatic carbocycles. The fourth-order valence-corrected chi connectivity index (χ4v) is 2.00. The number of carbonyl (C=O) groups excluding carboxylic acids is 1. The van der Waals surface area contributed by atoms with E-state index in [4.69, 9.17) is 10.5 Å². The van der Waals surface area contributed by atoms with Crippen molar-refractivity contribution in [2.45, 2.75) is 45.1 Å². The molecule has 1 unspecified atom stereocenters. The number of aliphatic carboxylic acids is 1. The maximum atomic E-state index is 12.4. The van der Waals surface area contributed by atoms with E-state index in [2.05, 4.69) is 0 Å². The second-order valence-electron chi connectivity index (χ2n) is 5.84. The smallest absolute Gasteiger partial charge is 0.328 e. The van der Waals surface area contributed by atoms with Gasteiger partial charge >= 0.3 is 11.9 Å². The van der Waals surface area contributed by atoms with Gasteiger partial charge in [0.25, 0.3) is 0 Å². The number of carboxylic acids is 1. The number of benzene rings is 1. The van der Waals surface area contributed by atoms with Crippen molar-refractivity contribution in [3.63, 3.8) is 0 Å². The lowest BCUT2D eigenvalue weighted by atomic mass is 9.77. The number of phenolic OH excluding ortho intramolecular Hbond substituents is 1. The average molecular weight is 295 g/mol. The van der Waals surface area contributed by atoms with Crippen LogP contribution in [0.15, 0.2) is 18.2 Å². The number of esters is 1. The Morgan fingerprint density at radius 1 is 1.29 bits per heavy atom. The number of carbonyl (C=O) groups is 2. The third kappa shape index (κ3) is 3.26. The van der Waals surface area contributed by atoms with E-state index in [1.165, 1.54) is 18.2 Å². The molecule has 0 fully saturated rings. The fourth-order valence-electron chi connectivity index (χ4n) is 2.00. The van der Waals surface area contributed by atoms with E-state index in [-0.39, 0.29) is 23.4 Å². The summed E-state index contributed by atoms with van der Waals surface area (Å²) in [6.45, 7) is 6.56. The van der Waals surface area contributed by atoms with E-state index < -0.39 is 23.0 Å². The Balaban J connectivity index is 3.42. The van der Waals surface area contributed by atoms with Crippen molar-refractivity contribution in [1.82, 2.24) is 0 Å². The summed E-state index contributed by atoms with van der Waals surface area (Å²) < 4.78 is 5.25. The Bertz CT molecular complexity index is 562. The number of nitrogen functional groups attached to an aromatic ring is 1. The summed E-state index contributed by atoms with van der Waals surface area (Å²) in [6.07, 6.45) is -0.0133. The number of phenols is 1. The summed E-state index contributed by atoms with van der Waals surface area (Å²) in [5, 5.41) is 19.3. The molecule has 0 radical (unpaired) electrons. The van der Waals surface area contributed by atoms with Crippen molar-refractivity contribution in [2.24, 2.45) is 0 Å². The Kier molecular flexibility index (Phi) is 4.51. The van der Waals surface area contributed by atoms with Crippen LogP contribution in [0.1, 0.15) is 39.7 Å². The first kappa shape index (κ1) is 16.8. The van der Waals surface area contributed by atoms with Gasteiger partial charge in [-0.1, -0.05) is 13.0 Å². The molecule has 0 aromatic heterocycles. The van der Waals surface area contributed by atoms with E-state index in [1.807, 2.05) is 0 Å². The first-order valence-corrected chi connectivity index (χ1v) is 6.60. The molecule has 1 aromatic rings. The number of hydrogen-bond donors (Lipinski definition) is 3. The van der Waals surface area contributed by atoms with Crippen LogP contribution in [0.2, 0.25) is 0 Å². The van der Waals surface area contributed by atoms with Crippen molar-refractivity contribution in [2.75, 3.05) is 5.73 Å². The van der Waals surface area contributed by atoms with Crippen LogP contribution in [-0.2, 0) is 19.7 Å². The number of ether oxygens (including phenoxy) is 1. The molecule has 4 N–H and O–H groups in total. The summed E-state index contributed by atoms with van der Waals surface area (Å²) >= 11 is 0. The molecule has 0 heterocycles. The van der Waals surface area contributed by atoms with Gasteiger partial charge in [-0.3, -0.25) is 9.59 Å². The Morgan fingerprint density at radius 3 is 2.24 bits per heavy atom. The molecule has 6 heteroatoms. The second-order valence-corrected chi connectivity index (χ2v) is 5.84. The molecule has 0 aliphatic heterocycles. The van der Waals surface area contributed by atoms with Crippen LogP contribution in [0, 0.1) is 0 Å². The predicted molar refractivity (Wildman–Crippen MR) is 78.0 cm³/mol. The average Bonchev–Trinajstić information content (AvgIpc) is 2.32. The van der Waals surface area contributed by atoms with E-state index >= 15 is 0 Å². The SMILES string of the molecule is CCC(C(=O)O)(C(=O)OC(C)(C)C)c1ccc(N)c(O)c1. The first-order chi connectivity index (χ1) is 9.54. The number of hydrogen-bond acceptors (Lipinski definition) is 5. The van der Waals surface area contributed by atoms with Gasteiger partial charge in [0.15, 0.2) is 5.41 Å². The molecule has 1 aromatic carbocycles. The molecule has 0 amide bonds. The lowest BCUT2D eigenvalue weighted by molar-refractivity contribution is -0.170. The molecule has 1 atom stereocenters. The molecule has 0 saturated heterocycles. The van der Waals surface area contributed by atoms with Crippen LogP contribution in [-0.4, -0.2) is 27.8 Å². The highest BCUT2D eigenvalue weighted by molar-refractivity contribution is 6.05. The van der Waals surface area contributed by atoms with Crippen LogP contribution < -0.4 is 5.73 Å². The third-order valence-corrected chi connectivity index (χ3v) is 3.17. The van der Waals surface area contributed by atoms with Gasteiger partial charge in [-0.25, -0.2) is 0 Å². The van der Waals surface area contributed by atoms with Crippen LogP contribution in [0.5, 0.6) is 5.75 Å². The van der Waals surface area contributed by atoms with E-state index in [0.717, 1.165) is 0 Å². The number of anilines is 1. The van der Waals surface area contributed by atoms with Crippen LogP contribution in [0.25, 0.3) is 0 Å². The number of rotatable bonds is 4. The van der Waals surface area contributed by atoms with Gasteiger partial charge in [0.2, 0.25) is 0 Å². The molecular formula is C15H21NO5. The highest BCUT2D eigenvalue weighted by atomic mass is 16.6. The van der Waals surface area contributed by atoms with Crippen molar-refractivity contribution < 1.29 is 24.5 Å². The van der Waals surface area contributed by atoms with Gasteiger partial charge in [-0.2, -0.15) is 0 Å². The molecule has 116 valence electrons. The summed E-state index contributed by atoms with van der Waals surface area (Å²) in [7, 11) is 0. The Morgan fingerprint density at radius 2 is 1.86 bits per heavy atom. The van der Waals surface area contributed by atoms with Crippen molar-refractivity contribution in [3.05, 3.63) is 23.8 Å². The maximum Gasteiger partial charge on any atom is 0.328 e. The Labute approximate surface area is 123 Å². The van der Waals surface area contributed by atoms with Gasteiger partial charge in [0, 0.05) is 0 Å². The van der Waals surface area contributed by atoms with Gasteiger partial charge in [-0.05, 0) is 44.9 Å². The molecule has 0 aliphatic rings. The predicted octanol–water partition coefficient (Wildman–Crippen LogP) is 2.05. The van der Waals surface area contributed by atoms with Crippen molar-refractivity contribution in [1.29, 1.82) is 0 Å². The largest absolute Gasteiger partial charge is 0.506 e. The maximum absolute atomic E-state index is 12.4. The summed E-state index contributed by atoms with van der Waals surface area (Å²) in [5.74, 6) is -2.47. The molecule has 1 rings (SSSR count). The summed E-state index contributed by atoms with van der Waals surface area (Å²) in [4.78, 5) is 24.2. The summed E-state index contributed by atoms with van der Waals surface area (Å²) in [5.41, 5.74) is 3.07. The Hall–Kier alpha value is -2.24. The van der Waals surface area contributed by atoms with Crippen molar-refractivity contribution >= 4 is 17.6 Å². The number of nitrogens with two attached hydrogens (primary N) is 1. The first-order valence-electron chi connectivity index (χ1n) is 6.60. The fraction of sp³-hybridized carbons (Fsp3) is 0.467.